The molecule has 31 heavy (non-hydrogen) atoms. The number of H-pyrrole nitrogens is 1. The highest BCUT2D eigenvalue weighted by Crippen LogP contribution is 2.21. The van der Waals surface area contributed by atoms with Crippen molar-refractivity contribution in [2.24, 2.45) is 0 Å². The topological polar surface area (TPSA) is 111 Å². The number of rotatable bonds is 6. The van der Waals surface area contributed by atoms with E-state index in [1.165, 1.54) is 13.8 Å². The van der Waals surface area contributed by atoms with Crippen LogP contribution in [-0.4, -0.2) is 38.2 Å². The average molecular weight is 423 g/mol. The molecule has 8 heteroatoms. The summed E-state index contributed by atoms with van der Waals surface area (Å²) in [4.78, 5) is 56.8. The van der Waals surface area contributed by atoms with Gasteiger partial charge >= 0.3 is 5.97 Å². The molecule has 2 heterocycles. The monoisotopic (exact) mass is 423 g/mol. The normalized spacial score (nSPS) is 12.1. The highest BCUT2D eigenvalue weighted by molar-refractivity contribution is 6.05. The molecule has 0 amide bonds. The van der Waals surface area contributed by atoms with Crippen LogP contribution in [-0.2, 0) is 11.3 Å². The molecule has 0 radical (unpaired) electrons. The third-order valence-electron chi connectivity index (χ3n) is 5.35. The maximum Gasteiger partial charge on any atom is 0.338 e. The van der Waals surface area contributed by atoms with E-state index >= 15 is 0 Å². The van der Waals surface area contributed by atoms with Crippen LogP contribution in [0.5, 0.6) is 0 Å². The summed E-state index contributed by atoms with van der Waals surface area (Å²) >= 11 is 0. The van der Waals surface area contributed by atoms with Crippen LogP contribution in [0.25, 0.3) is 11.0 Å². The Kier molecular flexibility index (Phi) is 5.92. The summed E-state index contributed by atoms with van der Waals surface area (Å²) in [5.74, 6) is -1.24. The Morgan fingerprint density at radius 2 is 1.87 bits per heavy atom. The molecule has 1 atom stereocenters. The largest absolute Gasteiger partial charge is 0.451 e. The molecule has 0 unspecified atom stereocenters. The molecule has 162 valence electrons. The second-order valence-corrected chi connectivity index (χ2v) is 7.54. The van der Waals surface area contributed by atoms with Crippen LogP contribution in [0, 0.1) is 20.8 Å². The van der Waals surface area contributed by atoms with Crippen LogP contribution in [0.15, 0.2) is 23.0 Å². The number of fused-ring (bicyclic) bond motifs is 1. The van der Waals surface area contributed by atoms with Crippen LogP contribution in [0.3, 0.4) is 0 Å². The summed E-state index contributed by atoms with van der Waals surface area (Å²) in [5, 5.41) is 0. The van der Waals surface area contributed by atoms with Gasteiger partial charge < -0.3 is 14.3 Å². The first kappa shape index (κ1) is 22.1. The number of esters is 1. The maximum atomic E-state index is 12.8. The first-order valence-electron chi connectivity index (χ1n) is 10.0. The second kappa shape index (κ2) is 8.29. The van der Waals surface area contributed by atoms with E-state index in [4.69, 9.17) is 4.74 Å². The molecule has 8 nitrogen and oxygen atoms in total. The van der Waals surface area contributed by atoms with Gasteiger partial charge in [0.1, 0.15) is 5.69 Å². The number of aromatic nitrogens is 3. The Bertz CT molecular complexity index is 1280. The molecule has 2 aromatic heterocycles. The standard InChI is InChI=1S/C23H25N3O5/c1-7-26-18-9-8-16(10-17(18)24-13(4)22(26)29)23(30)31-15(6)21(28)20-11(2)19(14(5)27)12(3)25-20/h8-10,15,25H,7H2,1-6H3/t15-/m0/s1. The van der Waals surface area contributed by atoms with Crippen molar-refractivity contribution < 1.29 is 19.1 Å². The minimum absolute atomic E-state index is 0.139. The second-order valence-electron chi connectivity index (χ2n) is 7.54. The number of nitrogens with one attached hydrogen (secondary N) is 1. The fourth-order valence-electron chi connectivity index (χ4n) is 3.83. The van der Waals surface area contributed by atoms with Crippen molar-refractivity contribution in [3.05, 3.63) is 62.3 Å². The van der Waals surface area contributed by atoms with E-state index in [1.54, 1.807) is 43.5 Å². The third kappa shape index (κ3) is 3.93. The van der Waals surface area contributed by atoms with Crippen LogP contribution in [0.4, 0.5) is 0 Å². The summed E-state index contributed by atoms with van der Waals surface area (Å²) in [7, 11) is 0. The van der Waals surface area contributed by atoms with Crippen molar-refractivity contribution in [1.29, 1.82) is 0 Å². The predicted molar refractivity (Wildman–Crippen MR) is 116 cm³/mol. The molecule has 3 rings (SSSR count). The molecule has 0 spiro atoms. The lowest BCUT2D eigenvalue weighted by atomic mass is 10.0. The molecule has 3 aromatic rings. The minimum Gasteiger partial charge on any atom is -0.451 e. The number of carbonyl (C=O) groups is 3. The Balaban J connectivity index is 1.87. The van der Waals surface area contributed by atoms with E-state index < -0.39 is 17.9 Å². The zero-order chi connectivity index (χ0) is 23.0. The first-order valence-corrected chi connectivity index (χ1v) is 10.0. The lowest BCUT2D eigenvalue weighted by Gasteiger charge is -2.13. The lowest BCUT2D eigenvalue weighted by Crippen LogP contribution is -2.26. The van der Waals surface area contributed by atoms with Crippen LogP contribution in [0.2, 0.25) is 0 Å². The van der Waals surface area contributed by atoms with E-state index in [-0.39, 0.29) is 22.6 Å². The van der Waals surface area contributed by atoms with E-state index in [9.17, 15) is 19.2 Å². The number of aromatic amines is 1. The van der Waals surface area contributed by atoms with Gasteiger partial charge in [-0.1, -0.05) is 0 Å². The molecule has 0 saturated carbocycles. The van der Waals surface area contributed by atoms with Crippen molar-refractivity contribution in [3.8, 4) is 0 Å². The fourth-order valence-corrected chi connectivity index (χ4v) is 3.83. The highest BCUT2D eigenvalue weighted by Gasteiger charge is 2.26. The first-order chi connectivity index (χ1) is 14.6. The van der Waals surface area contributed by atoms with Crippen molar-refractivity contribution in [2.75, 3.05) is 0 Å². The quantitative estimate of drug-likeness (QED) is 0.481. The number of benzene rings is 1. The van der Waals surface area contributed by atoms with E-state index in [2.05, 4.69) is 9.97 Å². The van der Waals surface area contributed by atoms with E-state index in [0.717, 1.165) is 0 Å². The number of Topliss-reactive ketones (excluding diaryl/α,β-unsaturated/α-hetero) is 2. The molecule has 0 saturated heterocycles. The van der Waals surface area contributed by atoms with E-state index in [1.807, 2.05) is 6.92 Å². The number of carbonyl (C=O) groups excluding carboxylic acids is 3. The number of hydrogen-bond donors (Lipinski definition) is 1. The molecule has 0 fully saturated rings. The Morgan fingerprint density at radius 3 is 2.45 bits per heavy atom. The molecule has 0 aliphatic heterocycles. The number of nitrogens with zero attached hydrogens (tertiary/aromatic N) is 2. The van der Waals surface area contributed by atoms with Gasteiger partial charge in [-0.25, -0.2) is 9.78 Å². The number of aryl methyl sites for hydroxylation is 3. The summed E-state index contributed by atoms with van der Waals surface area (Å²) in [6.45, 7) is 10.3. The smallest absolute Gasteiger partial charge is 0.338 e. The average Bonchev–Trinajstić information content (AvgIpc) is 3.02. The minimum atomic E-state index is -1.06. The SMILES string of the molecule is CCn1c(=O)c(C)nc2cc(C(=O)O[C@@H](C)C(=O)c3[nH]c(C)c(C(C)=O)c3C)ccc21. The molecule has 0 bridgehead atoms. The van der Waals surface area contributed by atoms with Gasteiger partial charge in [-0.3, -0.25) is 14.4 Å². The Labute approximate surface area is 179 Å². The highest BCUT2D eigenvalue weighted by atomic mass is 16.5. The van der Waals surface area contributed by atoms with Crippen molar-refractivity contribution in [3.63, 3.8) is 0 Å². The van der Waals surface area contributed by atoms with Gasteiger partial charge in [0.25, 0.3) is 5.56 Å². The number of ether oxygens (including phenoxy) is 1. The third-order valence-corrected chi connectivity index (χ3v) is 5.35. The summed E-state index contributed by atoms with van der Waals surface area (Å²) in [5.41, 5.74) is 3.37. The zero-order valence-corrected chi connectivity index (χ0v) is 18.5. The summed E-state index contributed by atoms with van der Waals surface area (Å²) in [6, 6.07) is 4.74. The Hall–Kier alpha value is -3.55. The van der Waals surface area contributed by atoms with Gasteiger partial charge in [0.2, 0.25) is 5.78 Å². The zero-order valence-electron chi connectivity index (χ0n) is 18.5. The van der Waals surface area contributed by atoms with Gasteiger partial charge in [0.05, 0.1) is 22.3 Å². The van der Waals surface area contributed by atoms with Gasteiger partial charge in [-0.05, 0) is 65.3 Å². The Morgan fingerprint density at radius 1 is 1.19 bits per heavy atom. The lowest BCUT2D eigenvalue weighted by molar-refractivity contribution is 0.0317. The summed E-state index contributed by atoms with van der Waals surface area (Å²) in [6.07, 6.45) is -1.06. The van der Waals surface area contributed by atoms with Gasteiger partial charge in [0, 0.05) is 17.8 Å². The van der Waals surface area contributed by atoms with Crippen molar-refractivity contribution in [1.82, 2.24) is 14.5 Å². The fraction of sp³-hybridized carbons (Fsp3) is 0.348. The predicted octanol–water partition coefficient (Wildman–Crippen LogP) is 3.30. The number of ketones is 2. The van der Waals surface area contributed by atoms with Gasteiger partial charge in [-0.2, -0.15) is 0 Å². The molecular formula is C23H25N3O5. The molecular weight excluding hydrogens is 398 g/mol. The molecule has 1 aromatic carbocycles. The van der Waals surface area contributed by atoms with Crippen LogP contribution >= 0.6 is 0 Å². The van der Waals surface area contributed by atoms with Crippen molar-refractivity contribution in [2.45, 2.75) is 54.2 Å². The van der Waals surface area contributed by atoms with Crippen molar-refractivity contribution >= 4 is 28.6 Å². The van der Waals surface area contributed by atoms with E-state index in [0.29, 0.717) is 40.1 Å². The van der Waals surface area contributed by atoms with Crippen LogP contribution < -0.4 is 5.56 Å². The molecule has 0 aliphatic rings. The number of hydrogen-bond acceptors (Lipinski definition) is 6. The van der Waals surface area contributed by atoms with Gasteiger partial charge in [-0.15, -0.1) is 0 Å². The summed E-state index contributed by atoms with van der Waals surface area (Å²) < 4.78 is 6.97. The van der Waals surface area contributed by atoms with Gasteiger partial charge in [0.15, 0.2) is 11.9 Å². The van der Waals surface area contributed by atoms with Crippen LogP contribution in [0.1, 0.15) is 68.9 Å². The molecule has 1 N–H and O–H groups in total. The maximum absolute atomic E-state index is 12.8. The molecule has 0 aliphatic carbocycles.